The van der Waals surface area contributed by atoms with Crippen molar-refractivity contribution in [3.8, 4) is 11.5 Å². The number of hydrogen-bond donors (Lipinski definition) is 0. The highest BCUT2D eigenvalue weighted by molar-refractivity contribution is 5.85. The standard InChI is InChI=1S/C24H23F3N2O3/c1-14(2)13-32-20-7-4-15(11-21(20)31-3)10-16-8-9-29-22(16)28-19-12-17(24(25,26)27)5-6-18(19)23(29)30/h4-7,10-12,14H,8-9,13H2,1-3H3. The smallest absolute Gasteiger partial charge is 0.416 e. The summed E-state index contributed by atoms with van der Waals surface area (Å²) in [5.74, 6) is 1.97. The Morgan fingerprint density at radius 2 is 1.94 bits per heavy atom. The highest BCUT2D eigenvalue weighted by Crippen LogP contribution is 2.34. The van der Waals surface area contributed by atoms with Crippen molar-refractivity contribution in [1.82, 2.24) is 9.55 Å². The van der Waals surface area contributed by atoms with Crippen LogP contribution in [0.3, 0.4) is 0 Å². The molecule has 1 aliphatic rings. The third-order valence-electron chi connectivity index (χ3n) is 5.28. The number of halogens is 3. The number of aromatic nitrogens is 2. The molecule has 0 N–H and O–H groups in total. The van der Waals surface area contributed by atoms with Gasteiger partial charge in [-0.25, -0.2) is 4.98 Å². The van der Waals surface area contributed by atoms with Gasteiger partial charge in [0.25, 0.3) is 5.56 Å². The minimum Gasteiger partial charge on any atom is -0.493 e. The third kappa shape index (κ3) is 4.22. The predicted molar refractivity (Wildman–Crippen MR) is 117 cm³/mol. The van der Waals surface area contributed by atoms with Gasteiger partial charge in [0.2, 0.25) is 0 Å². The Labute approximate surface area is 183 Å². The van der Waals surface area contributed by atoms with Crippen LogP contribution in [0.4, 0.5) is 13.2 Å². The molecule has 1 aliphatic heterocycles. The molecule has 0 saturated carbocycles. The highest BCUT2D eigenvalue weighted by atomic mass is 19.4. The van der Waals surface area contributed by atoms with Crippen molar-refractivity contribution < 1.29 is 22.6 Å². The molecule has 0 bridgehead atoms. The minimum absolute atomic E-state index is 0.0406. The van der Waals surface area contributed by atoms with E-state index in [-0.39, 0.29) is 16.5 Å². The summed E-state index contributed by atoms with van der Waals surface area (Å²) in [5.41, 5.74) is 0.475. The molecule has 0 radical (unpaired) electrons. The second-order valence-electron chi connectivity index (χ2n) is 8.16. The van der Waals surface area contributed by atoms with Crippen molar-refractivity contribution in [2.75, 3.05) is 13.7 Å². The Morgan fingerprint density at radius 1 is 1.16 bits per heavy atom. The van der Waals surface area contributed by atoms with Crippen LogP contribution < -0.4 is 15.0 Å². The molecule has 0 saturated heterocycles. The van der Waals surface area contributed by atoms with E-state index in [0.29, 0.717) is 42.8 Å². The molecule has 5 nitrogen and oxygen atoms in total. The van der Waals surface area contributed by atoms with Crippen molar-refractivity contribution in [2.24, 2.45) is 5.92 Å². The second kappa shape index (κ2) is 8.33. The summed E-state index contributed by atoms with van der Waals surface area (Å²) < 4.78 is 52.1. The third-order valence-corrected chi connectivity index (χ3v) is 5.28. The summed E-state index contributed by atoms with van der Waals surface area (Å²) in [4.78, 5) is 17.2. The fourth-order valence-corrected chi connectivity index (χ4v) is 3.68. The molecule has 0 unspecified atom stereocenters. The first-order valence-electron chi connectivity index (χ1n) is 10.3. The van der Waals surface area contributed by atoms with Gasteiger partial charge in [0.1, 0.15) is 5.82 Å². The molecule has 0 amide bonds. The van der Waals surface area contributed by atoms with Gasteiger partial charge in [-0.15, -0.1) is 0 Å². The van der Waals surface area contributed by atoms with Crippen molar-refractivity contribution in [3.63, 3.8) is 0 Å². The number of fused-ring (bicyclic) bond motifs is 2. The summed E-state index contributed by atoms with van der Waals surface area (Å²) in [5, 5.41) is 0.177. The molecule has 4 rings (SSSR count). The molecular formula is C24H23F3N2O3. The van der Waals surface area contributed by atoms with Gasteiger partial charge in [-0.3, -0.25) is 9.36 Å². The molecule has 0 fully saturated rings. The van der Waals surface area contributed by atoms with E-state index in [2.05, 4.69) is 18.8 Å². The number of alkyl halides is 3. The summed E-state index contributed by atoms with van der Waals surface area (Å²) in [7, 11) is 1.56. The van der Waals surface area contributed by atoms with Crippen molar-refractivity contribution in [3.05, 3.63) is 63.7 Å². The van der Waals surface area contributed by atoms with E-state index >= 15 is 0 Å². The Kier molecular flexibility index (Phi) is 5.71. The fraction of sp³-hybridized carbons (Fsp3) is 0.333. The van der Waals surface area contributed by atoms with Crippen molar-refractivity contribution >= 4 is 22.6 Å². The van der Waals surface area contributed by atoms with Crippen molar-refractivity contribution in [1.29, 1.82) is 0 Å². The summed E-state index contributed by atoms with van der Waals surface area (Å²) >= 11 is 0. The lowest BCUT2D eigenvalue weighted by atomic mass is 10.1. The number of hydrogen-bond acceptors (Lipinski definition) is 4. The summed E-state index contributed by atoms with van der Waals surface area (Å²) in [6.45, 7) is 5.10. The number of ether oxygens (including phenoxy) is 2. The van der Waals surface area contributed by atoms with Gasteiger partial charge in [-0.05, 0) is 59.9 Å². The SMILES string of the molecule is COc1cc(C=C2CCn3c2nc2cc(C(F)(F)F)ccc2c3=O)ccc1OCC(C)C. The average Bonchev–Trinajstić information content (AvgIpc) is 3.14. The number of nitrogens with zero attached hydrogens (tertiary/aromatic N) is 2. The first-order chi connectivity index (χ1) is 15.2. The van der Waals surface area contributed by atoms with Crippen LogP contribution in [0.15, 0.2) is 41.2 Å². The number of benzene rings is 2. The highest BCUT2D eigenvalue weighted by Gasteiger charge is 2.31. The Hall–Kier alpha value is -3.29. The Balaban J connectivity index is 1.74. The molecule has 3 aromatic rings. The van der Waals surface area contributed by atoms with Gasteiger partial charge in [0, 0.05) is 6.54 Å². The van der Waals surface area contributed by atoms with Crippen molar-refractivity contribution in [2.45, 2.75) is 33.0 Å². The van der Waals surface area contributed by atoms with Crippen LogP contribution in [0.2, 0.25) is 0 Å². The van der Waals surface area contributed by atoms with Gasteiger partial charge in [0.15, 0.2) is 11.5 Å². The molecule has 2 aromatic carbocycles. The lowest BCUT2D eigenvalue weighted by Crippen LogP contribution is -2.21. The molecule has 0 aliphatic carbocycles. The maximum absolute atomic E-state index is 13.1. The average molecular weight is 444 g/mol. The fourth-order valence-electron chi connectivity index (χ4n) is 3.68. The van der Waals surface area contributed by atoms with Crippen LogP contribution in [0.25, 0.3) is 22.6 Å². The van der Waals surface area contributed by atoms with E-state index in [4.69, 9.17) is 9.47 Å². The molecule has 2 heterocycles. The number of methoxy groups -OCH3 is 1. The molecule has 32 heavy (non-hydrogen) atoms. The zero-order valence-corrected chi connectivity index (χ0v) is 18.0. The quantitative estimate of drug-likeness (QED) is 0.529. The zero-order chi connectivity index (χ0) is 23.0. The van der Waals surface area contributed by atoms with E-state index < -0.39 is 11.7 Å². The van der Waals surface area contributed by atoms with E-state index in [0.717, 1.165) is 23.3 Å². The summed E-state index contributed by atoms with van der Waals surface area (Å²) in [6.07, 6.45) is -2.07. The van der Waals surface area contributed by atoms with E-state index in [9.17, 15) is 18.0 Å². The van der Waals surface area contributed by atoms with Gasteiger partial charge in [0.05, 0.1) is 30.2 Å². The van der Waals surface area contributed by atoms with Crippen LogP contribution in [0, 0.1) is 5.92 Å². The van der Waals surface area contributed by atoms with Crippen LogP contribution >= 0.6 is 0 Å². The normalized spacial score (nSPS) is 14.9. The number of rotatable bonds is 5. The monoisotopic (exact) mass is 444 g/mol. The maximum atomic E-state index is 13.1. The second-order valence-corrected chi connectivity index (χ2v) is 8.16. The largest absolute Gasteiger partial charge is 0.493 e. The summed E-state index contributed by atoms with van der Waals surface area (Å²) in [6, 6.07) is 8.56. The van der Waals surface area contributed by atoms with E-state index in [1.54, 1.807) is 7.11 Å². The van der Waals surface area contributed by atoms with E-state index in [1.165, 1.54) is 10.6 Å². The Morgan fingerprint density at radius 3 is 2.62 bits per heavy atom. The van der Waals surface area contributed by atoms with E-state index in [1.807, 2.05) is 24.3 Å². The first kappa shape index (κ1) is 21.9. The zero-order valence-electron chi connectivity index (χ0n) is 18.0. The molecule has 0 spiro atoms. The Bertz CT molecular complexity index is 1260. The number of allylic oxidation sites excluding steroid dienone is 1. The van der Waals surface area contributed by atoms with Gasteiger partial charge in [-0.2, -0.15) is 13.2 Å². The maximum Gasteiger partial charge on any atom is 0.416 e. The van der Waals surface area contributed by atoms with Crippen LogP contribution in [0.5, 0.6) is 11.5 Å². The molecule has 0 atom stereocenters. The minimum atomic E-state index is -4.50. The molecule has 1 aromatic heterocycles. The van der Waals surface area contributed by atoms with Crippen LogP contribution in [-0.2, 0) is 12.7 Å². The lowest BCUT2D eigenvalue weighted by Gasteiger charge is -2.13. The van der Waals surface area contributed by atoms with Gasteiger partial charge < -0.3 is 9.47 Å². The first-order valence-corrected chi connectivity index (χ1v) is 10.3. The molecule has 168 valence electrons. The van der Waals surface area contributed by atoms with Gasteiger partial charge >= 0.3 is 6.18 Å². The van der Waals surface area contributed by atoms with Crippen LogP contribution in [-0.4, -0.2) is 23.3 Å². The molecular weight excluding hydrogens is 421 g/mol. The van der Waals surface area contributed by atoms with Gasteiger partial charge in [-0.1, -0.05) is 19.9 Å². The lowest BCUT2D eigenvalue weighted by molar-refractivity contribution is -0.137. The topological polar surface area (TPSA) is 53.4 Å². The molecule has 8 heteroatoms. The predicted octanol–water partition coefficient (Wildman–Crippen LogP) is 5.40. The van der Waals surface area contributed by atoms with Crippen LogP contribution in [0.1, 0.15) is 37.2 Å².